The number of phenols is 1. The zero-order valence-electron chi connectivity index (χ0n) is 13.3. The number of rotatable bonds is 2. The Morgan fingerprint density at radius 2 is 1.48 bits per heavy atom. The summed E-state index contributed by atoms with van der Waals surface area (Å²) in [4.78, 5) is 0. The Kier molecular flexibility index (Phi) is 4.12. The van der Waals surface area contributed by atoms with Gasteiger partial charge >= 0.3 is 0 Å². The lowest BCUT2D eigenvalue weighted by atomic mass is 9.85. The summed E-state index contributed by atoms with van der Waals surface area (Å²) in [6.45, 7) is 10.2. The molecule has 1 N–H and O–H groups in total. The molecule has 0 atom stereocenters. The summed E-state index contributed by atoms with van der Waals surface area (Å²) in [5.41, 5.74) is 4.29. The molecule has 0 saturated carbocycles. The lowest BCUT2D eigenvalue weighted by molar-refractivity contribution is 0.447. The molecule has 0 aromatic heterocycles. The van der Waals surface area contributed by atoms with E-state index in [1.165, 1.54) is 5.56 Å². The molecule has 0 saturated heterocycles. The molecule has 0 aliphatic heterocycles. The zero-order valence-corrected chi connectivity index (χ0v) is 13.3. The van der Waals surface area contributed by atoms with E-state index in [1.54, 1.807) is 0 Å². The van der Waals surface area contributed by atoms with Gasteiger partial charge in [-0.1, -0.05) is 44.5 Å². The maximum Gasteiger partial charge on any atom is 0.146 e. The molecule has 0 bridgehead atoms. The monoisotopic (exact) mass is 282 g/mol. The van der Waals surface area contributed by atoms with Crippen molar-refractivity contribution in [2.24, 2.45) is 10.2 Å². The normalized spacial score (nSPS) is 12.0. The van der Waals surface area contributed by atoms with Crippen molar-refractivity contribution in [1.29, 1.82) is 0 Å². The fraction of sp³-hybridized carbons (Fsp3) is 0.333. The van der Waals surface area contributed by atoms with Gasteiger partial charge in [0.1, 0.15) is 11.4 Å². The zero-order chi connectivity index (χ0) is 15.6. The standard InChI is InChI=1S/C18H22N2O/c1-12-6-8-14(9-7-12)19-20-16-11-13(2)10-15(17(16)21)18(3,4)5/h6-11,21H,1-5H3. The number of aromatic hydroxyl groups is 1. The van der Waals surface area contributed by atoms with Crippen LogP contribution in [0, 0.1) is 13.8 Å². The molecule has 0 aliphatic carbocycles. The lowest BCUT2D eigenvalue weighted by Crippen LogP contribution is -2.11. The first-order valence-corrected chi connectivity index (χ1v) is 7.10. The molecule has 0 unspecified atom stereocenters. The molecule has 0 spiro atoms. The van der Waals surface area contributed by atoms with Crippen molar-refractivity contribution in [2.75, 3.05) is 0 Å². The summed E-state index contributed by atoms with van der Waals surface area (Å²) in [6.07, 6.45) is 0. The van der Waals surface area contributed by atoms with Crippen LogP contribution >= 0.6 is 0 Å². The average Bonchev–Trinajstić information content (AvgIpc) is 2.40. The Morgan fingerprint density at radius 1 is 0.857 bits per heavy atom. The number of hydrogen-bond acceptors (Lipinski definition) is 3. The van der Waals surface area contributed by atoms with E-state index in [1.807, 2.05) is 50.2 Å². The van der Waals surface area contributed by atoms with E-state index < -0.39 is 0 Å². The van der Waals surface area contributed by atoms with Gasteiger partial charge in [0.15, 0.2) is 0 Å². The molecule has 110 valence electrons. The second kappa shape index (κ2) is 5.68. The van der Waals surface area contributed by atoms with Gasteiger partial charge in [-0.15, -0.1) is 5.11 Å². The van der Waals surface area contributed by atoms with E-state index in [-0.39, 0.29) is 11.2 Å². The minimum absolute atomic E-state index is 0.135. The van der Waals surface area contributed by atoms with Crippen LogP contribution in [0.4, 0.5) is 11.4 Å². The quantitative estimate of drug-likeness (QED) is 0.703. The van der Waals surface area contributed by atoms with E-state index in [2.05, 4.69) is 31.0 Å². The minimum atomic E-state index is -0.135. The van der Waals surface area contributed by atoms with E-state index in [9.17, 15) is 5.11 Å². The van der Waals surface area contributed by atoms with E-state index in [4.69, 9.17) is 0 Å². The molecule has 2 aromatic rings. The number of phenolic OH excluding ortho intramolecular Hbond substituents is 1. The smallest absolute Gasteiger partial charge is 0.146 e. The molecule has 2 rings (SSSR count). The van der Waals surface area contributed by atoms with Crippen molar-refractivity contribution < 1.29 is 5.11 Å². The molecular formula is C18H22N2O. The number of azo groups is 1. The molecule has 0 radical (unpaired) electrons. The van der Waals surface area contributed by atoms with Crippen LogP contribution in [-0.4, -0.2) is 5.11 Å². The first-order chi connectivity index (χ1) is 9.77. The Morgan fingerprint density at radius 3 is 2.05 bits per heavy atom. The Bertz CT molecular complexity index is 665. The molecule has 3 heteroatoms. The molecule has 0 aliphatic rings. The van der Waals surface area contributed by atoms with Crippen molar-refractivity contribution >= 4 is 11.4 Å². The molecule has 0 fully saturated rings. The summed E-state index contributed by atoms with van der Waals surface area (Å²) < 4.78 is 0. The van der Waals surface area contributed by atoms with Gasteiger partial charge < -0.3 is 5.11 Å². The molecule has 0 heterocycles. The third-order valence-corrected chi connectivity index (χ3v) is 3.35. The summed E-state index contributed by atoms with van der Waals surface area (Å²) >= 11 is 0. The third-order valence-electron chi connectivity index (χ3n) is 3.35. The van der Waals surface area contributed by atoms with Crippen LogP contribution in [0.25, 0.3) is 0 Å². The van der Waals surface area contributed by atoms with Crippen molar-refractivity contribution in [3.05, 3.63) is 53.1 Å². The van der Waals surface area contributed by atoms with Crippen LogP contribution in [-0.2, 0) is 5.41 Å². The van der Waals surface area contributed by atoms with Gasteiger partial charge in [-0.05, 0) is 43.0 Å². The van der Waals surface area contributed by atoms with Crippen molar-refractivity contribution in [1.82, 2.24) is 0 Å². The van der Waals surface area contributed by atoms with Crippen LogP contribution in [0.1, 0.15) is 37.5 Å². The van der Waals surface area contributed by atoms with Gasteiger partial charge in [0.2, 0.25) is 0 Å². The Labute approximate surface area is 126 Å². The SMILES string of the molecule is Cc1ccc(N=Nc2cc(C)cc(C(C)(C)C)c2O)cc1. The molecule has 0 amide bonds. The third kappa shape index (κ3) is 3.69. The lowest BCUT2D eigenvalue weighted by Gasteiger charge is -2.21. The molecule has 21 heavy (non-hydrogen) atoms. The second-order valence-electron chi connectivity index (χ2n) is 6.47. The Balaban J connectivity index is 2.40. The highest BCUT2D eigenvalue weighted by Gasteiger charge is 2.20. The summed E-state index contributed by atoms with van der Waals surface area (Å²) in [6, 6.07) is 11.7. The van der Waals surface area contributed by atoms with Crippen molar-refractivity contribution in [3.8, 4) is 5.75 Å². The maximum atomic E-state index is 10.4. The fourth-order valence-electron chi connectivity index (χ4n) is 2.13. The number of hydrogen-bond donors (Lipinski definition) is 1. The first kappa shape index (κ1) is 15.2. The topological polar surface area (TPSA) is 45.0 Å². The maximum absolute atomic E-state index is 10.4. The van der Waals surface area contributed by atoms with Crippen LogP contribution in [0.3, 0.4) is 0 Å². The highest BCUT2D eigenvalue weighted by atomic mass is 16.3. The number of aryl methyl sites for hydroxylation is 2. The van der Waals surface area contributed by atoms with E-state index in [0.717, 1.165) is 16.8 Å². The van der Waals surface area contributed by atoms with Crippen LogP contribution in [0.5, 0.6) is 5.75 Å². The second-order valence-corrected chi connectivity index (χ2v) is 6.47. The largest absolute Gasteiger partial charge is 0.505 e. The van der Waals surface area contributed by atoms with Gasteiger partial charge in [-0.2, -0.15) is 5.11 Å². The summed E-state index contributed by atoms with van der Waals surface area (Å²) in [7, 11) is 0. The number of nitrogens with zero attached hydrogens (tertiary/aromatic N) is 2. The van der Waals surface area contributed by atoms with Gasteiger partial charge in [0.05, 0.1) is 5.69 Å². The van der Waals surface area contributed by atoms with Gasteiger partial charge in [0.25, 0.3) is 0 Å². The summed E-state index contributed by atoms with van der Waals surface area (Å²) in [5, 5.41) is 18.8. The fourth-order valence-corrected chi connectivity index (χ4v) is 2.13. The first-order valence-electron chi connectivity index (χ1n) is 7.10. The van der Waals surface area contributed by atoms with E-state index in [0.29, 0.717) is 5.69 Å². The highest BCUT2D eigenvalue weighted by Crippen LogP contribution is 2.39. The van der Waals surface area contributed by atoms with Gasteiger partial charge in [-0.25, -0.2) is 0 Å². The summed E-state index contributed by atoms with van der Waals surface area (Å²) in [5.74, 6) is 0.212. The van der Waals surface area contributed by atoms with Crippen molar-refractivity contribution in [2.45, 2.75) is 40.0 Å². The highest BCUT2D eigenvalue weighted by molar-refractivity contribution is 5.59. The predicted octanol–water partition coefficient (Wildman–Crippen LogP) is 5.72. The minimum Gasteiger partial charge on any atom is -0.505 e. The Hall–Kier alpha value is -2.16. The van der Waals surface area contributed by atoms with E-state index >= 15 is 0 Å². The molecular weight excluding hydrogens is 260 g/mol. The van der Waals surface area contributed by atoms with Crippen LogP contribution in [0.2, 0.25) is 0 Å². The molecule has 3 nitrogen and oxygen atoms in total. The average molecular weight is 282 g/mol. The van der Waals surface area contributed by atoms with Gasteiger partial charge in [0, 0.05) is 5.56 Å². The number of benzene rings is 2. The van der Waals surface area contributed by atoms with Crippen molar-refractivity contribution in [3.63, 3.8) is 0 Å². The van der Waals surface area contributed by atoms with Crippen LogP contribution < -0.4 is 0 Å². The van der Waals surface area contributed by atoms with Gasteiger partial charge in [-0.3, -0.25) is 0 Å². The van der Waals surface area contributed by atoms with Crippen LogP contribution in [0.15, 0.2) is 46.6 Å². The predicted molar refractivity (Wildman–Crippen MR) is 86.9 cm³/mol. The molecule has 2 aromatic carbocycles.